The summed E-state index contributed by atoms with van der Waals surface area (Å²) in [6, 6.07) is 6.50. The fourth-order valence-electron chi connectivity index (χ4n) is 3.49. The minimum atomic E-state index is -1.10. The maximum atomic E-state index is 14.2. The number of nitrogens with one attached hydrogen (secondary N) is 1. The van der Waals surface area contributed by atoms with E-state index in [1.165, 1.54) is 12.3 Å². The molecule has 1 aliphatic carbocycles. The summed E-state index contributed by atoms with van der Waals surface area (Å²) in [4.78, 5) is 19.4. The first-order chi connectivity index (χ1) is 13.5. The topological polar surface area (TPSA) is 106 Å². The lowest BCUT2D eigenvalue weighted by atomic mass is 9.66. The number of nitrogens with zero attached hydrogens (tertiary/aromatic N) is 5. The van der Waals surface area contributed by atoms with Gasteiger partial charge in [-0.3, -0.25) is 4.98 Å². The Balaban J connectivity index is 1.49. The Morgan fingerprint density at radius 3 is 2.71 bits per heavy atom. The van der Waals surface area contributed by atoms with E-state index in [2.05, 4.69) is 25.5 Å². The number of aromatic nitrogens is 5. The van der Waals surface area contributed by atoms with Gasteiger partial charge in [0, 0.05) is 31.4 Å². The zero-order valence-electron chi connectivity index (χ0n) is 15.3. The molecule has 4 rings (SSSR count). The van der Waals surface area contributed by atoms with E-state index >= 15 is 0 Å². The zero-order valence-corrected chi connectivity index (χ0v) is 15.3. The Morgan fingerprint density at radius 2 is 2.14 bits per heavy atom. The minimum absolute atomic E-state index is 0.0502. The number of carbonyl (C=O) groups is 1. The summed E-state index contributed by atoms with van der Waals surface area (Å²) in [5.74, 6) is -0.406. The Morgan fingerprint density at radius 1 is 1.32 bits per heavy atom. The van der Waals surface area contributed by atoms with Crippen molar-refractivity contribution in [3.63, 3.8) is 0 Å². The lowest BCUT2D eigenvalue weighted by Gasteiger charge is -2.41. The number of aromatic carboxylic acids is 1. The predicted molar refractivity (Wildman–Crippen MR) is 99.4 cm³/mol. The molecule has 3 aromatic rings. The van der Waals surface area contributed by atoms with E-state index in [9.17, 15) is 9.18 Å². The van der Waals surface area contributed by atoms with E-state index in [1.54, 1.807) is 36.0 Å². The highest BCUT2D eigenvalue weighted by Gasteiger charge is 2.41. The summed E-state index contributed by atoms with van der Waals surface area (Å²) in [7, 11) is 1.70. The SMILES string of the molecule is Cn1cc(C(=O)O)nc1-c1ccc(NCC2(c3ncccc3F)CCC2)nn1. The van der Waals surface area contributed by atoms with E-state index in [-0.39, 0.29) is 16.9 Å². The highest BCUT2D eigenvalue weighted by Crippen LogP contribution is 2.43. The lowest BCUT2D eigenvalue weighted by molar-refractivity contribution is 0.0691. The van der Waals surface area contributed by atoms with Crippen molar-refractivity contribution in [2.45, 2.75) is 24.7 Å². The molecule has 0 aliphatic heterocycles. The minimum Gasteiger partial charge on any atom is -0.476 e. The molecule has 0 spiro atoms. The maximum Gasteiger partial charge on any atom is 0.356 e. The summed E-state index contributed by atoms with van der Waals surface area (Å²) >= 11 is 0. The van der Waals surface area contributed by atoms with Crippen LogP contribution in [0.25, 0.3) is 11.5 Å². The first kappa shape index (κ1) is 18.0. The number of imidazole rings is 1. The monoisotopic (exact) mass is 382 g/mol. The number of pyridine rings is 1. The second-order valence-corrected chi connectivity index (χ2v) is 6.99. The Hall–Kier alpha value is -3.36. The quantitative estimate of drug-likeness (QED) is 0.675. The van der Waals surface area contributed by atoms with Gasteiger partial charge in [0.1, 0.15) is 17.3 Å². The van der Waals surface area contributed by atoms with Gasteiger partial charge in [-0.2, -0.15) is 0 Å². The fraction of sp³-hybridized carbons (Fsp3) is 0.316. The maximum absolute atomic E-state index is 14.2. The molecule has 2 N–H and O–H groups in total. The third-order valence-corrected chi connectivity index (χ3v) is 5.17. The number of aryl methyl sites for hydroxylation is 1. The molecular formula is C19H19FN6O2. The number of hydrogen-bond donors (Lipinski definition) is 2. The van der Waals surface area contributed by atoms with E-state index in [0.717, 1.165) is 19.3 Å². The van der Waals surface area contributed by atoms with Crippen LogP contribution in [0.4, 0.5) is 10.2 Å². The highest BCUT2D eigenvalue weighted by molar-refractivity contribution is 5.85. The van der Waals surface area contributed by atoms with Crippen molar-refractivity contribution in [3.05, 3.63) is 53.9 Å². The van der Waals surface area contributed by atoms with E-state index in [4.69, 9.17) is 5.11 Å². The van der Waals surface area contributed by atoms with Crippen molar-refractivity contribution in [1.82, 2.24) is 24.7 Å². The molecule has 9 heteroatoms. The number of hydrogen-bond acceptors (Lipinski definition) is 6. The van der Waals surface area contributed by atoms with Crippen LogP contribution in [0.1, 0.15) is 35.4 Å². The Labute approximate surface area is 160 Å². The van der Waals surface area contributed by atoms with Gasteiger partial charge in [0.15, 0.2) is 11.5 Å². The molecular weight excluding hydrogens is 363 g/mol. The molecule has 0 unspecified atom stereocenters. The Bertz CT molecular complexity index is 1010. The number of halogens is 1. The highest BCUT2D eigenvalue weighted by atomic mass is 19.1. The average molecular weight is 382 g/mol. The van der Waals surface area contributed by atoms with Crippen molar-refractivity contribution >= 4 is 11.8 Å². The zero-order chi connectivity index (χ0) is 19.7. The second kappa shape index (κ2) is 6.99. The molecule has 1 aliphatic rings. The van der Waals surface area contributed by atoms with Gasteiger partial charge in [-0.25, -0.2) is 14.2 Å². The molecule has 1 fully saturated rings. The van der Waals surface area contributed by atoms with Crippen LogP contribution in [0.3, 0.4) is 0 Å². The van der Waals surface area contributed by atoms with Crippen LogP contribution < -0.4 is 5.32 Å². The van der Waals surface area contributed by atoms with Crippen molar-refractivity contribution in [2.24, 2.45) is 7.05 Å². The molecule has 0 amide bonds. The van der Waals surface area contributed by atoms with E-state index in [1.807, 2.05) is 0 Å². The summed E-state index contributed by atoms with van der Waals surface area (Å²) < 4.78 is 15.8. The van der Waals surface area contributed by atoms with Crippen LogP contribution in [0, 0.1) is 5.82 Å². The summed E-state index contributed by atoms with van der Waals surface area (Å²) in [5.41, 5.74) is 0.579. The lowest BCUT2D eigenvalue weighted by Crippen LogP contribution is -2.42. The van der Waals surface area contributed by atoms with Crippen LogP contribution >= 0.6 is 0 Å². The number of carboxylic acid groups (broad SMARTS) is 1. The number of rotatable bonds is 6. The first-order valence-corrected chi connectivity index (χ1v) is 8.94. The van der Waals surface area contributed by atoms with Gasteiger partial charge in [-0.15, -0.1) is 10.2 Å². The van der Waals surface area contributed by atoms with E-state index in [0.29, 0.717) is 29.6 Å². The van der Waals surface area contributed by atoms with Gasteiger partial charge >= 0.3 is 5.97 Å². The van der Waals surface area contributed by atoms with Crippen LogP contribution in [-0.2, 0) is 12.5 Å². The average Bonchev–Trinajstić information content (AvgIpc) is 3.05. The molecule has 8 nitrogen and oxygen atoms in total. The Kier molecular flexibility index (Phi) is 4.50. The molecule has 0 atom stereocenters. The van der Waals surface area contributed by atoms with Gasteiger partial charge in [-0.05, 0) is 37.1 Å². The smallest absolute Gasteiger partial charge is 0.356 e. The molecule has 0 saturated heterocycles. The number of anilines is 1. The van der Waals surface area contributed by atoms with Crippen LogP contribution in [-0.4, -0.2) is 42.4 Å². The van der Waals surface area contributed by atoms with Gasteiger partial charge < -0.3 is 15.0 Å². The molecule has 1 saturated carbocycles. The number of carboxylic acids is 1. The van der Waals surface area contributed by atoms with Crippen molar-refractivity contribution in [2.75, 3.05) is 11.9 Å². The predicted octanol–water partition coefficient (Wildman–Crippen LogP) is 2.64. The standard InChI is InChI=1S/C19H19FN6O2/c1-26-10-14(18(27)28)23-17(26)13-5-6-15(25-24-13)22-11-19(7-3-8-19)16-12(20)4-2-9-21-16/h2,4-6,9-10H,3,7-8,11H2,1H3,(H,22,25)(H,27,28). The fourth-order valence-corrected chi connectivity index (χ4v) is 3.49. The van der Waals surface area contributed by atoms with Gasteiger partial charge in [0.25, 0.3) is 0 Å². The molecule has 0 aromatic carbocycles. The van der Waals surface area contributed by atoms with Gasteiger partial charge in [0.2, 0.25) is 0 Å². The molecule has 0 bridgehead atoms. The summed E-state index contributed by atoms with van der Waals surface area (Å²) in [6.07, 6.45) is 5.81. The molecule has 3 aromatic heterocycles. The second-order valence-electron chi connectivity index (χ2n) is 6.99. The van der Waals surface area contributed by atoms with Crippen LogP contribution in [0.15, 0.2) is 36.7 Å². The van der Waals surface area contributed by atoms with Gasteiger partial charge in [-0.1, -0.05) is 6.42 Å². The molecule has 0 radical (unpaired) electrons. The first-order valence-electron chi connectivity index (χ1n) is 8.94. The van der Waals surface area contributed by atoms with Gasteiger partial charge in [0.05, 0.1) is 5.69 Å². The van der Waals surface area contributed by atoms with Crippen LogP contribution in [0.5, 0.6) is 0 Å². The van der Waals surface area contributed by atoms with Crippen LogP contribution in [0.2, 0.25) is 0 Å². The normalized spacial score (nSPS) is 15.1. The third kappa shape index (κ3) is 3.19. The van der Waals surface area contributed by atoms with Crippen molar-refractivity contribution in [1.29, 1.82) is 0 Å². The molecule has 144 valence electrons. The summed E-state index contributed by atoms with van der Waals surface area (Å²) in [5, 5.41) is 20.6. The van der Waals surface area contributed by atoms with Crippen molar-refractivity contribution in [3.8, 4) is 11.5 Å². The molecule has 3 heterocycles. The largest absolute Gasteiger partial charge is 0.476 e. The summed E-state index contributed by atoms with van der Waals surface area (Å²) in [6.45, 7) is 0.514. The van der Waals surface area contributed by atoms with Crippen molar-refractivity contribution < 1.29 is 14.3 Å². The van der Waals surface area contributed by atoms with E-state index < -0.39 is 5.97 Å². The molecule has 28 heavy (non-hydrogen) atoms. The third-order valence-electron chi connectivity index (χ3n) is 5.17.